The molecule has 0 amide bonds. The first-order valence-corrected chi connectivity index (χ1v) is 10.4. The topological polar surface area (TPSA) is 46.5 Å². The monoisotopic (exact) mass is 417 g/mol. The molecule has 3 nitrogen and oxygen atoms in total. The smallest absolute Gasteiger partial charge is 0.340 e. The number of hydrogen-bond acceptors (Lipinski definition) is 3. The minimum Gasteiger partial charge on any atom is -0.496 e. The molecular weight excluding hydrogens is 402 g/mol. The molecule has 0 saturated heterocycles. The Morgan fingerprint density at radius 1 is 0.964 bits per heavy atom. The maximum atomic E-state index is 13.9. The highest BCUT2D eigenvalue weighted by Crippen LogP contribution is 2.49. The Hall–Kier alpha value is -2.51. The quantitative estimate of drug-likeness (QED) is 0.445. The molecule has 0 fully saturated rings. The Kier molecular flexibility index (Phi) is 4.81. The lowest BCUT2D eigenvalue weighted by molar-refractivity contribution is 0.0692. The van der Waals surface area contributed by atoms with E-state index in [1.807, 2.05) is 6.92 Å². The second-order valence-electron chi connectivity index (χ2n) is 6.21. The van der Waals surface area contributed by atoms with Gasteiger partial charge in [-0.15, -0.1) is 0 Å². The number of fused-ring (bicyclic) bond motifs is 2. The molecule has 0 aromatic heterocycles. The number of rotatable bonds is 3. The van der Waals surface area contributed by atoms with Gasteiger partial charge in [0.15, 0.2) is 14.7 Å². The lowest BCUT2D eigenvalue weighted by atomic mass is 10.1. The first kappa shape index (κ1) is 18.8. The van der Waals surface area contributed by atoms with Crippen LogP contribution in [0.4, 0.5) is 8.78 Å². The summed E-state index contributed by atoms with van der Waals surface area (Å²) in [5.41, 5.74) is 0.906. The summed E-state index contributed by atoms with van der Waals surface area (Å²) in [6, 6.07) is 12.2. The van der Waals surface area contributed by atoms with Gasteiger partial charge in [-0.05, 0) is 48.9 Å². The minimum atomic E-state index is -1.08. The summed E-state index contributed by atoms with van der Waals surface area (Å²) < 4.78 is 33.0. The van der Waals surface area contributed by atoms with Crippen molar-refractivity contribution in [2.45, 2.75) is 31.4 Å². The molecular formula is C21H15F2O3S2+. The predicted molar refractivity (Wildman–Crippen MR) is 104 cm³/mol. The van der Waals surface area contributed by atoms with Crippen molar-refractivity contribution in [3.05, 3.63) is 71.3 Å². The zero-order valence-corrected chi connectivity index (χ0v) is 16.6. The van der Waals surface area contributed by atoms with Crippen molar-refractivity contribution < 1.29 is 23.4 Å². The van der Waals surface area contributed by atoms with Crippen LogP contribution in [-0.2, 0) is 10.9 Å². The summed E-state index contributed by atoms with van der Waals surface area (Å²) in [6.45, 7) is 1.84. The van der Waals surface area contributed by atoms with Crippen molar-refractivity contribution in [1.29, 1.82) is 0 Å². The van der Waals surface area contributed by atoms with Crippen molar-refractivity contribution >= 4 is 28.6 Å². The molecule has 0 atom stereocenters. The summed E-state index contributed by atoms with van der Waals surface area (Å²) in [7, 11) is 0.672. The number of carboxylic acid groups (broad SMARTS) is 1. The number of aromatic carboxylic acids is 1. The van der Waals surface area contributed by atoms with Gasteiger partial charge in [-0.1, -0.05) is 11.8 Å². The first-order chi connectivity index (χ1) is 13.4. The maximum Gasteiger partial charge on any atom is 0.340 e. The normalized spacial score (nSPS) is 13.0. The molecule has 7 heteroatoms. The zero-order chi connectivity index (χ0) is 20.0. The van der Waals surface area contributed by atoms with Crippen molar-refractivity contribution in [2.75, 3.05) is 7.11 Å². The molecule has 142 valence electrons. The molecule has 0 spiro atoms. The number of carbonyl (C=O) groups is 1. The van der Waals surface area contributed by atoms with E-state index in [1.54, 1.807) is 18.2 Å². The highest BCUT2D eigenvalue weighted by molar-refractivity contribution is 8.04. The van der Waals surface area contributed by atoms with E-state index in [2.05, 4.69) is 0 Å². The molecule has 0 aliphatic carbocycles. The van der Waals surface area contributed by atoms with Crippen LogP contribution in [0.25, 0.3) is 0 Å². The van der Waals surface area contributed by atoms with Crippen LogP contribution in [0.15, 0.2) is 73.0 Å². The van der Waals surface area contributed by atoms with Crippen LogP contribution in [0.5, 0.6) is 5.75 Å². The number of benzene rings is 3. The number of ether oxygens (including phenoxy) is 1. The second-order valence-corrected chi connectivity index (χ2v) is 9.23. The van der Waals surface area contributed by atoms with Crippen LogP contribution in [0.1, 0.15) is 15.9 Å². The molecule has 3 aromatic carbocycles. The summed E-state index contributed by atoms with van der Waals surface area (Å²) in [6.07, 6.45) is 0. The van der Waals surface area contributed by atoms with Gasteiger partial charge < -0.3 is 9.84 Å². The summed E-state index contributed by atoms with van der Waals surface area (Å²) >= 11 is 1.29. The van der Waals surface area contributed by atoms with Crippen LogP contribution in [0.3, 0.4) is 0 Å². The van der Waals surface area contributed by atoms with E-state index in [1.165, 1.54) is 49.2 Å². The molecule has 4 rings (SSSR count). The van der Waals surface area contributed by atoms with E-state index in [-0.39, 0.29) is 17.2 Å². The number of halogens is 2. The van der Waals surface area contributed by atoms with Gasteiger partial charge >= 0.3 is 5.97 Å². The van der Waals surface area contributed by atoms with Gasteiger partial charge in [0, 0.05) is 12.1 Å². The van der Waals surface area contributed by atoms with Gasteiger partial charge in [0.25, 0.3) is 0 Å². The maximum absolute atomic E-state index is 13.9. The lowest BCUT2D eigenvalue weighted by Gasteiger charge is -2.20. The number of hydrogen-bond donors (Lipinski definition) is 1. The molecule has 0 unspecified atom stereocenters. The Balaban J connectivity index is 2.03. The Morgan fingerprint density at radius 2 is 1.54 bits per heavy atom. The second kappa shape index (κ2) is 7.14. The molecule has 0 saturated carbocycles. The number of aryl methyl sites for hydroxylation is 1. The van der Waals surface area contributed by atoms with Crippen molar-refractivity contribution in [3.63, 3.8) is 0 Å². The zero-order valence-electron chi connectivity index (χ0n) is 15.0. The van der Waals surface area contributed by atoms with E-state index in [4.69, 9.17) is 4.74 Å². The SMILES string of the molecule is COc1cc(C(=O)O)c([S+]2c3ccc(F)cc3Sc3cc(F)ccc32)cc1C. The molecule has 1 heterocycles. The van der Waals surface area contributed by atoms with Gasteiger partial charge in [-0.25, -0.2) is 13.6 Å². The van der Waals surface area contributed by atoms with Crippen molar-refractivity contribution in [1.82, 2.24) is 0 Å². The summed E-state index contributed by atoms with van der Waals surface area (Å²) in [4.78, 5) is 15.5. The Labute approximate surface area is 167 Å². The molecule has 28 heavy (non-hydrogen) atoms. The molecule has 0 radical (unpaired) electrons. The van der Waals surface area contributed by atoms with Gasteiger partial charge in [0.2, 0.25) is 0 Å². The number of methoxy groups -OCH3 is 1. The molecule has 1 aliphatic rings. The average Bonchev–Trinajstić information content (AvgIpc) is 2.65. The standard InChI is InChI=1S/C21H14F2O3S2/c1-11-7-20(14(21(24)25)10-15(11)26-2)28-18-5-3-12(22)8-16(18)27-17-9-13(23)4-6-19(17)28/h3-10H,1-2H3/p+1. The molecule has 1 aliphatic heterocycles. The van der Waals surface area contributed by atoms with Gasteiger partial charge in [0.1, 0.15) is 33.8 Å². The van der Waals surface area contributed by atoms with Gasteiger partial charge in [0.05, 0.1) is 16.9 Å². The first-order valence-electron chi connectivity index (χ1n) is 8.32. The van der Waals surface area contributed by atoms with Gasteiger partial charge in [-0.2, -0.15) is 0 Å². The lowest BCUT2D eigenvalue weighted by Crippen LogP contribution is -2.16. The fraction of sp³-hybridized carbons (Fsp3) is 0.0952. The summed E-state index contributed by atoms with van der Waals surface area (Å²) in [5.74, 6) is -1.38. The average molecular weight is 417 g/mol. The van der Waals surface area contributed by atoms with E-state index in [0.29, 0.717) is 20.4 Å². The third kappa shape index (κ3) is 3.14. The summed E-state index contributed by atoms with van der Waals surface area (Å²) in [5, 5.41) is 9.82. The van der Waals surface area contributed by atoms with Gasteiger partial charge in [-0.3, -0.25) is 0 Å². The van der Waals surface area contributed by atoms with Crippen molar-refractivity contribution in [2.24, 2.45) is 0 Å². The third-order valence-electron chi connectivity index (χ3n) is 4.42. The highest BCUT2D eigenvalue weighted by atomic mass is 32.2. The van der Waals surface area contributed by atoms with Crippen molar-refractivity contribution in [3.8, 4) is 5.75 Å². The minimum absolute atomic E-state index is 0.114. The van der Waals surface area contributed by atoms with Crippen LogP contribution < -0.4 is 4.74 Å². The van der Waals surface area contributed by atoms with E-state index < -0.39 is 16.9 Å². The Morgan fingerprint density at radius 3 is 2.04 bits per heavy atom. The third-order valence-corrected chi connectivity index (χ3v) is 8.16. The van der Waals surface area contributed by atoms with E-state index in [9.17, 15) is 18.7 Å². The van der Waals surface area contributed by atoms with Crippen LogP contribution in [0.2, 0.25) is 0 Å². The largest absolute Gasteiger partial charge is 0.496 e. The molecule has 3 aromatic rings. The fourth-order valence-corrected chi connectivity index (χ4v) is 7.12. The molecule has 0 bridgehead atoms. The Bertz CT molecular complexity index is 1060. The predicted octanol–water partition coefficient (Wildman–Crippen LogP) is 5.54. The molecule has 1 N–H and O–H groups in total. The van der Waals surface area contributed by atoms with Crippen LogP contribution in [-0.4, -0.2) is 18.2 Å². The fourth-order valence-electron chi connectivity index (χ4n) is 3.15. The van der Waals surface area contributed by atoms with E-state index >= 15 is 0 Å². The van der Waals surface area contributed by atoms with E-state index in [0.717, 1.165) is 15.4 Å². The van der Waals surface area contributed by atoms with Crippen LogP contribution >= 0.6 is 11.8 Å². The number of carboxylic acids is 1. The highest BCUT2D eigenvalue weighted by Gasteiger charge is 2.41. The van der Waals surface area contributed by atoms with Crippen LogP contribution in [0, 0.1) is 18.6 Å².